The van der Waals surface area contributed by atoms with Gasteiger partial charge in [-0.2, -0.15) is 0 Å². The van der Waals surface area contributed by atoms with Crippen LogP contribution in [0, 0.1) is 11.7 Å². The van der Waals surface area contributed by atoms with Gasteiger partial charge in [0.05, 0.1) is 17.7 Å². The second kappa shape index (κ2) is 8.42. The maximum atomic E-state index is 14.6. The zero-order chi connectivity index (χ0) is 21.1. The second-order valence-electron chi connectivity index (χ2n) is 8.44. The summed E-state index contributed by atoms with van der Waals surface area (Å²) in [5.41, 5.74) is 1.02. The number of fused-ring (bicyclic) bond motifs is 1. The number of benzene rings is 2. The molecular weight excluding hydrogens is 379 g/mol. The van der Waals surface area contributed by atoms with Crippen molar-refractivity contribution in [1.29, 1.82) is 0 Å². The number of hydrogen-bond acceptors (Lipinski definition) is 3. The molecule has 1 aliphatic carbocycles. The van der Waals surface area contributed by atoms with Crippen LogP contribution in [0.4, 0.5) is 10.1 Å². The second-order valence-corrected chi connectivity index (χ2v) is 8.44. The van der Waals surface area contributed by atoms with Crippen LogP contribution in [-0.2, 0) is 10.2 Å². The third kappa shape index (κ3) is 3.76. The normalized spacial score (nSPS) is 15.5. The van der Waals surface area contributed by atoms with E-state index in [0.29, 0.717) is 47.9 Å². The Balaban J connectivity index is 1.69. The van der Waals surface area contributed by atoms with Crippen molar-refractivity contribution in [2.45, 2.75) is 44.9 Å². The monoisotopic (exact) mass is 406 g/mol. The fraction of sp³-hybridized carbons (Fsp3) is 0.360. The van der Waals surface area contributed by atoms with Gasteiger partial charge in [0.2, 0.25) is 5.91 Å². The van der Waals surface area contributed by atoms with Crippen LogP contribution in [0.3, 0.4) is 0 Å². The van der Waals surface area contributed by atoms with Crippen LogP contribution in [0.1, 0.15) is 45.1 Å². The fourth-order valence-electron chi connectivity index (χ4n) is 4.32. The van der Waals surface area contributed by atoms with Gasteiger partial charge in [-0.3, -0.25) is 9.78 Å². The van der Waals surface area contributed by atoms with Crippen LogP contribution in [0.5, 0.6) is 5.75 Å². The molecule has 0 radical (unpaired) electrons. The molecule has 1 N–H and O–H groups in total. The van der Waals surface area contributed by atoms with E-state index in [1.54, 1.807) is 24.4 Å². The Bertz CT molecular complexity index is 1060. The van der Waals surface area contributed by atoms with Crippen LogP contribution in [-0.4, -0.2) is 17.5 Å². The van der Waals surface area contributed by atoms with Gasteiger partial charge in [-0.1, -0.05) is 44.9 Å². The van der Waals surface area contributed by atoms with E-state index in [1.165, 1.54) is 6.07 Å². The van der Waals surface area contributed by atoms with Crippen molar-refractivity contribution in [3.8, 4) is 5.75 Å². The van der Waals surface area contributed by atoms with Crippen LogP contribution in [0.25, 0.3) is 10.9 Å². The molecule has 3 aromatic rings. The largest absolute Gasteiger partial charge is 0.491 e. The summed E-state index contributed by atoms with van der Waals surface area (Å²) in [6, 6.07) is 14.1. The van der Waals surface area contributed by atoms with E-state index in [-0.39, 0.29) is 11.7 Å². The van der Waals surface area contributed by atoms with Gasteiger partial charge in [0, 0.05) is 17.1 Å². The van der Waals surface area contributed by atoms with Gasteiger partial charge in [-0.15, -0.1) is 0 Å². The number of carbonyl (C=O) groups excluding carboxylic acids is 1. The summed E-state index contributed by atoms with van der Waals surface area (Å²) in [5, 5.41) is 3.90. The predicted molar refractivity (Wildman–Crippen MR) is 117 cm³/mol. The Morgan fingerprint density at radius 2 is 1.90 bits per heavy atom. The number of nitrogens with one attached hydrogen (secondary N) is 1. The number of amides is 1. The van der Waals surface area contributed by atoms with E-state index in [9.17, 15) is 9.18 Å². The first-order valence-electron chi connectivity index (χ1n) is 10.6. The third-order valence-electron chi connectivity index (χ3n) is 5.83. The van der Waals surface area contributed by atoms with Crippen LogP contribution in [0.2, 0.25) is 0 Å². The Kier molecular flexibility index (Phi) is 5.71. The van der Waals surface area contributed by atoms with Gasteiger partial charge in [0.1, 0.15) is 17.1 Å². The maximum absolute atomic E-state index is 14.6. The molecule has 1 amide bonds. The van der Waals surface area contributed by atoms with Crippen molar-refractivity contribution in [3.05, 3.63) is 66.1 Å². The number of aromatic nitrogens is 1. The number of nitrogens with zero attached hydrogens (tertiary/aromatic N) is 1. The van der Waals surface area contributed by atoms with Gasteiger partial charge >= 0.3 is 0 Å². The quantitative estimate of drug-likeness (QED) is 0.558. The predicted octanol–water partition coefficient (Wildman–Crippen LogP) is 5.86. The highest BCUT2D eigenvalue weighted by Gasteiger charge is 2.44. The molecule has 4 rings (SSSR count). The minimum Gasteiger partial charge on any atom is -0.491 e. The van der Waals surface area contributed by atoms with Crippen molar-refractivity contribution >= 4 is 22.5 Å². The molecule has 1 heterocycles. The van der Waals surface area contributed by atoms with Crippen molar-refractivity contribution < 1.29 is 13.9 Å². The maximum Gasteiger partial charge on any atom is 0.235 e. The Morgan fingerprint density at radius 1 is 1.13 bits per heavy atom. The molecule has 0 aliphatic heterocycles. The molecule has 2 aromatic carbocycles. The van der Waals surface area contributed by atoms with Crippen molar-refractivity contribution in [2.24, 2.45) is 5.92 Å². The zero-order valence-corrected chi connectivity index (χ0v) is 17.5. The van der Waals surface area contributed by atoms with E-state index >= 15 is 0 Å². The molecule has 0 saturated heterocycles. The summed E-state index contributed by atoms with van der Waals surface area (Å²) in [4.78, 5) is 18.0. The first-order chi connectivity index (χ1) is 14.5. The fourth-order valence-corrected chi connectivity index (χ4v) is 4.32. The molecule has 4 nitrogen and oxygen atoms in total. The summed E-state index contributed by atoms with van der Waals surface area (Å²) >= 11 is 0. The van der Waals surface area contributed by atoms with E-state index in [1.807, 2.05) is 24.3 Å². The number of pyridine rings is 1. The van der Waals surface area contributed by atoms with Crippen LogP contribution >= 0.6 is 0 Å². The smallest absolute Gasteiger partial charge is 0.235 e. The van der Waals surface area contributed by atoms with E-state index in [2.05, 4.69) is 24.1 Å². The first kappa shape index (κ1) is 20.3. The number of halogens is 1. The molecule has 1 aliphatic rings. The SMILES string of the molecule is CC(C)COc1ccc(NC(=O)C2(c3ccccc3F)CCCC2)c2cccnc12. The summed E-state index contributed by atoms with van der Waals surface area (Å²) in [6.07, 6.45) is 4.82. The van der Waals surface area contributed by atoms with Gasteiger partial charge in [-0.05, 0) is 49.1 Å². The summed E-state index contributed by atoms with van der Waals surface area (Å²) < 4.78 is 20.6. The third-order valence-corrected chi connectivity index (χ3v) is 5.83. The molecule has 0 spiro atoms. The molecule has 0 unspecified atom stereocenters. The molecule has 1 fully saturated rings. The van der Waals surface area contributed by atoms with Crippen LogP contribution in [0.15, 0.2) is 54.7 Å². The van der Waals surface area contributed by atoms with Gasteiger partial charge < -0.3 is 10.1 Å². The zero-order valence-electron chi connectivity index (χ0n) is 17.5. The lowest BCUT2D eigenvalue weighted by atomic mass is 9.77. The molecular formula is C25H27FN2O2. The Labute approximate surface area is 176 Å². The highest BCUT2D eigenvalue weighted by atomic mass is 19.1. The van der Waals surface area contributed by atoms with E-state index in [0.717, 1.165) is 18.2 Å². The lowest BCUT2D eigenvalue weighted by Crippen LogP contribution is -2.38. The molecule has 0 bridgehead atoms. The van der Waals surface area contributed by atoms with E-state index < -0.39 is 5.41 Å². The van der Waals surface area contributed by atoms with Gasteiger partial charge in [0.25, 0.3) is 0 Å². The van der Waals surface area contributed by atoms with E-state index in [4.69, 9.17) is 4.74 Å². The highest BCUT2D eigenvalue weighted by Crippen LogP contribution is 2.43. The lowest BCUT2D eigenvalue weighted by molar-refractivity contribution is -0.121. The Hall–Kier alpha value is -2.95. The summed E-state index contributed by atoms with van der Waals surface area (Å²) in [5.74, 6) is 0.609. The van der Waals surface area contributed by atoms with Crippen LogP contribution < -0.4 is 10.1 Å². The summed E-state index contributed by atoms with van der Waals surface area (Å²) in [6.45, 7) is 4.77. The number of anilines is 1. The highest BCUT2D eigenvalue weighted by molar-refractivity contribution is 6.06. The minimum absolute atomic E-state index is 0.161. The number of ether oxygens (including phenoxy) is 1. The molecule has 0 atom stereocenters. The number of carbonyl (C=O) groups is 1. The standard InChI is InChI=1S/C25H27FN2O2/c1-17(2)16-30-22-12-11-21(18-8-7-15-27-23(18)22)28-24(29)25(13-5-6-14-25)19-9-3-4-10-20(19)26/h3-4,7-12,15,17H,5-6,13-14,16H2,1-2H3,(H,28,29). The average molecular weight is 407 g/mol. The lowest BCUT2D eigenvalue weighted by Gasteiger charge is -2.29. The van der Waals surface area contributed by atoms with Crippen molar-refractivity contribution in [3.63, 3.8) is 0 Å². The molecule has 1 aromatic heterocycles. The van der Waals surface area contributed by atoms with Gasteiger partial charge in [0.15, 0.2) is 0 Å². The Morgan fingerprint density at radius 3 is 2.63 bits per heavy atom. The average Bonchev–Trinajstić information content (AvgIpc) is 3.24. The molecule has 1 saturated carbocycles. The topological polar surface area (TPSA) is 51.2 Å². The summed E-state index contributed by atoms with van der Waals surface area (Å²) in [7, 11) is 0. The first-order valence-corrected chi connectivity index (χ1v) is 10.6. The van der Waals surface area contributed by atoms with Gasteiger partial charge in [-0.25, -0.2) is 4.39 Å². The molecule has 156 valence electrons. The van der Waals surface area contributed by atoms with Crippen molar-refractivity contribution in [1.82, 2.24) is 4.98 Å². The van der Waals surface area contributed by atoms with Crippen molar-refractivity contribution in [2.75, 3.05) is 11.9 Å². The number of hydrogen-bond donors (Lipinski definition) is 1. The minimum atomic E-state index is -0.841. The number of rotatable bonds is 6. The molecule has 5 heteroatoms. The molecule has 30 heavy (non-hydrogen) atoms.